The van der Waals surface area contributed by atoms with Crippen molar-refractivity contribution in [1.29, 1.82) is 0 Å². The molecule has 2 heteroatoms. The predicted molar refractivity (Wildman–Crippen MR) is 67.2 cm³/mol. The van der Waals surface area contributed by atoms with Gasteiger partial charge < -0.3 is 5.32 Å². The highest BCUT2D eigenvalue weighted by atomic mass is 15.2. The molecule has 3 unspecified atom stereocenters. The Morgan fingerprint density at radius 3 is 2.53 bits per heavy atom. The van der Waals surface area contributed by atoms with Crippen LogP contribution in [0.15, 0.2) is 0 Å². The summed E-state index contributed by atoms with van der Waals surface area (Å²) in [6.45, 7) is 14.0. The third-order valence-corrected chi connectivity index (χ3v) is 3.56. The van der Waals surface area contributed by atoms with E-state index in [1.807, 2.05) is 0 Å². The van der Waals surface area contributed by atoms with E-state index in [-0.39, 0.29) is 0 Å². The van der Waals surface area contributed by atoms with Crippen molar-refractivity contribution >= 4 is 0 Å². The van der Waals surface area contributed by atoms with Gasteiger partial charge in [-0.2, -0.15) is 0 Å². The SMILES string of the molecule is CCC(C)N1CC(C)NCC1CC(C)C. The molecule has 1 aliphatic heterocycles. The van der Waals surface area contributed by atoms with Crippen LogP contribution >= 0.6 is 0 Å². The van der Waals surface area contributed by atoms with Gasteiger partial charge in [0.25, 0.3) is 0 Å². The van der Waals surface area contributed by atoms with Gasteiger partial charge in [-0.05, 0) is 32.6 Å². The van der Waals surface area contributed by atoms with Gasteiger partial charge in [0.15, 0.2) is 0 Å². The van der Waals surface area contributed by atoms with E-state index in [1.54, 1.807) is 0 Å². The molecule has 0 aromatic carbocycles. The molecule has 0 aromatic heterocycles. The molecular formula is C13H28N2. The summed E-state index contributed by atoms with van der Waals surface area (Å²) in [6, 6.07) is 2.14. The van der Waals surface area contributed by atoms with Crippen molar-refractivity contribution < 1.29 is 0 Å². The van der Waals surface area contributed by atoms with Crippen LogP contribution in [0, 0.1) is 5.92 Å². The molecule has 1 N–H and O–H groups in total. The summed E-state index contributed by atoms with van der Waals surface area (Å²) in [7, 11) is 0. The van der Waals surface area contributed by atoms with Crippen molar-refractivity contribution in [2.75, 3.05) is 13.1 Å². The predicted octanol–water partition coefficient (Wildman–Crippen LogP) is 2.49. The van der Waals surface area contributed by atoms with Gasteiger partial charge in [-0.1, -0.05) is 20.8 Å². The molecule has 0 radical (unpaired) electrons. The fourth-order valence-electron chi connectivity index (χ4n) is 2.52. The van der Waals surface area contributed by atoms with Gasteiger partial charge in [0, 0.05) is 31.2 Å². The van der Waals surface area contributed by atoms with E-state index in [2.05, 4.69) is 44.8 Å². The van der Waals surface area contributed by atoms with Crippen molar-refractivity contribution in [3.8, 4) is 0 Å². The first-order valence-corrected chi connectivity index (χ1v) is 6.53. The Morgan fingerprint density at radius 1 is 1.33 bits per heavy atom. The van der Waals surface area contributed by atoms with Crippen LogP contribution in [0.25, 0.3) is 0 Å². The average molecular weight is 212 g/mol. The Kier molecular flexibility index (Phi) is 5.07. The fourth-order valence-corrected chi connectivity index (χ4v) is 2.52. The summed E-state index contributed by atoms with van der Waals surface area (Å²) in [5, 5.41) is 3.60. The zero-order valence-corrected chi connectivity index (χ0v) is 11.1. The molecule has 1 aliphatic rings. The number of nitrogens with zero attached hydrogens (tertiary/aromatic N) is 1. The minimum absolute atomic E-state index is 0.655. The number of hydrogen-bond acceptors (Lipinski definition) is 2. The van der Waals surface area contributed by atoms with Gasteiger partial charge in [0.2, 0.25) is 0 Å². The van der Waals surface area contributed by atoms with Crippen LogP contribution < -0.4 is 5.32 Å². The van der Waals surface area contributed by atoms with E-state index >= 15 is 0 Å². The molecule has 0 saturated carbocycles. The third-order valence-electron chi connectivity index (χ3n) is 3.56. The second-order valence-corrected chi connectivity index (χ2v) is 5.55. The fraction of sp³-hybridized carbons (Fsp3) is 1.00. The van der Waals surface area contributed by atoms with E-state index in [0.717, 1.165) is 18.0 Å². The number of rotatable bonds is 4. The Hall–Kier alpha value is -0.0800. The Morgan fingerprint density at radius 2 is 2.00 bits per heavy atom. The molecule has 0 bridgehead atoms. The molecule has 90 valence electrons. The van der Waals surface area contributed by atoms with Crippen molar-refractivity contribution in [3.63, 3.8) is 0 Å². The smallest absolute Gasteiger partial charge is 0.0226 e. The van der Waals surface area contributed by atoms with E-state index in [1.165, 1.54) is 25.9 Å². The Balaban J connectivity index is 2.57. The molecule has 0 aliphatic carbocycles. The molecule has 0 spiro atoms. The zero-order chi connectivity index (χ0) is 11.4. The lowest BCUT2D eigenvalue weighted by Crippen LogP contribution is -2.58. The average Bonchev–Trinajstić information content (AvgIpc) is 2.19. The summed E-state index contributed by atoms with van der Waals surface area (Å²) in [5.41, 5.74) is 0. The van der Waals surface area contributed by atoms with Crippen molar-refractivity contribution in [1.82, 2.24) is 10.2 Å². The number of hydrogen-bond donors (Lipinski definition) is 1. The van der Waals surface area contributed by atoms with Gasteiger partial charge in [-0.25, -0.2) is 0 Å². The largest absolute Gasteiger partial charge is 0.311 e. The molecular weight excluding hydrogens is 184 g/mol. The van der Waals surface area contributed by atoms with Crippen LogP contribution in [0.1, 0.15) is 47.5 Å². The lowest BCUT2D eigenvalue weighted by Gasteiger charge is -2.43. The van der Waals surface area contributed by atoms with Gasteiger partial charge in [0.05, 0.1) is 0 Å². The van der Waals surface area contributed by atoms with Crippen LogP contribution in [-0.2, 0) is 0 Å². The van der Waals surface area contributed by atoms with Crippen LogP contribution in [-0.4, -0.2) is 36.1 Å². The maximum absolute atomic E-state index is 3.60. The topological polar surface area (TPSA) is 15.3 Å². The summed E-state index contributed by atoms with van der Waals surface area (Å²) < 4.78 is 0. The molecule has 2 nitrogen and oxygen atoms in total. The summed E-state index contributed by atoms with van der Waals surface area (Å²) in [5.74, 6) is 0.803. The van der Waals surface area contributed by atoms with E-state index in [4.69, 9.17) is 0 Å². The van der Waals surface area contributed by atoms with Gasteiger partial charge >= 0.3 is 0 Å². The van der Waals surface area contributed by atoms with E-state index in [0.29, 0.717) is 6.04 Å². The number of nitrogens with one attached hydrogen (secondary N) is 1. The minimum Gasteiger partial charge on any atom is -0.311 e. The minimum atomic E-state index is 0.655. The highest BCUT2D eigenvalue weighted by Gasteiger charge is 2.28. The van der Waals surface area contributed by atoms with E-state index in [9.17, 15) is 0 Å². The first-order valence-electron chi connectivity index (χ1n) is 6.53. The van der Waals surface area contributed by atoms with Gasteiger partial charge in [-0.15, -0.1) is 0 Å². The normalized spacial score (nSPS) is 30.8. The highest BCUT2D eigenvalue weighted by Crippen LogP contribution is 2.19. The zero-order valence-electron chi connectivity index (χ0n) is 11.1. The van der Waals surface area contributed by atoms with Crippen LogP contribution in [0.3, 0.4) is 0 Å². The van der Waals surface area contributed by atoms with Gasteiger partial charge in [-0.3, -0.25) is 4.90 Å². The van der Waals surface area contributed by atoms with Crippen LogP contribution in [0.5, 0.6) is 0 Å². The van der Waals surface area contributed by atoms with Crippen molar-refractivity contribution in [2.24, 2.45) is 5.92 Å². The molecule has 0 aromatic rings. The molecule has 15 heavy (non-hydrogen) atoms. The summed E-state index contributed by atoms with van der Waals surface area (Å²) in [4.78, 5) is 2.71. The maximum atomic E-state index is 3.60. The van der Waals surface area contributed by atoms with E-state index < -0.39 is 0 Å². The second kappa shape index (κ2) is 5.86. The van der Waals surface area contributed by atoms with Crippen LogP contribution in [0.2, 0.25) is 0 Å². The monoisotopic (exact) mass is 212 g/mol. The van der Waals surface area contributed by atoms with Crippen LogP contribution in [0.4, 0.5) is 0 Å². The van der Waals surface area contributed by atoms with Gasteiger partial charge in [0.1, 0.15) is 0 Å². The second-order valence-electron chi connectivity index (χ2n) is 5.55. The summed E-state index contributed by atoms with van der Waals surface area (Å²) >= 11 is 0. The standard InChI is InChI=1S/C13H28N2/c1-6-12(5)15-9-11(4)14-8-13(15)7-10(2)3/h10-14H,6-9H2,1-5H3. The summed E-state index contributed by atoms with van der Waals surface area (Å²) in [6.07, 6.45) is 2.59. The molecule has 0 amide bonds. The third kappa shape index (κ3) is 3.76. The Labute approximate surface area is 95.4 Å². The molecule has 1 heterocycles. The molecule has 1 rings (SSSR count). The number of piperazine rings is 1. The quantitative estimate of drug-likeness (QED) is 0.770. The molecule has 1 saturated heterocycles. The first kappa shape index (κ1) is 13.0. The molecule has 3 atom stereocenters. The highest BCUT2D eigenvalue weighted by molar-refractivity contribution is 4.87. The molecule has 1 fully saturated rings. The maximum Gasteiger partial charge on any atom is 0.0226 e. The lowest BCUT2D eigenvalue weighted by molar-refractivity contribution is 0.0783. The lowest BCUT2D eigenvalue weighted by atomic mass is 9.97. The van der Waals surface area contributed by atoms with Crippen molar-refractivity contribution in [3.05, 3.63) is 0 Å². The van der Waals surface area contributed by atoms with Crippen molar-refractivity contribution in [2.45, 2.75) is 65.6 Å². The first-order chi connectivity index (χ1) is 7.04. The Bertz CT molecular complexity index is 179.